The van der Waals surface area contributed by atoms with Gasteiger partial charge in [0.05, 0.1) is 10.5 Å². The third-order valence-corrected chi connectivity index (χ3v) is 5.73. The number of nitrogen functional groups attached to an aromatic ring is 1. The highest BCUT2D eigenvalue weighted by atomic mass is 16.6. The molecule has 1 amide bonds. The monoisotopic (exact) mass is 449 g/mol. The van der Waals surface area contributed by atoms with Crippen molar-refractivity contribution in [3.05, 3.63) is 93.5 Å². The minimum atomic E-state index is -1.60. The topological polar surface area (TPSA) is 148 Å². The van der Waals surface area contributed by atoms with Crippen LogP contribution in [0.1, 0.15) is 28.7 Å². The number of carbonyl (C=O) groups is 1. The van der Waals surface area contributed by atoms with Gasteiger partial charge in [0.1, 0.15) is 18.8 Å². The first-order valence-corrected chi connectivity index (χ1v) is 10.4. The number of anilines is 1. The molecule has 9 nitrogen and oxygen atoms in total. The zero-order valence-electron chi connectivity index (χ0n) is 17.5. The van der Waals surface area contributed by atoms with Gasteiger partial charge >= 0.3 is 6.09 Å². The molecular formula is C24H23N3O6. The number of nitrogens with zero attached hydrogens (tertiary/aromatic N) is 1. The van der Waals surface area contributed by atoms with Gasteiger partial charge in [-0.05, 0) is 34.4 Å². The zero-order valence-corrected chi connectivity index (χ0v) is 17.5. The third-order valence-electron chi connectivity index (χ3n) is 5.73. The standard InChI is InChI=1S/C24H23N3O6/c25-14-9-10-19(21(11-14)27(31)32)23(29)22(28)12-26-24(30)33-13-20-17-7-3-1-5-15(17)16-6-2-4-8-18(16)20/h1-11,20,22-23,28-29H,12-13,25H2,(H,26,30). The van der Waals surface area contributed by atoms with Crippen molar-refractivity contribution < 1.29 is 24.7 Å². The van der Waals surface area contributed by atoms with Crippen LogP contribution in [-0.2, 0) is 4.74 Å². The van der Waals surface area contributed by atoms with Gasteiger partial charge in [0.25, 0.3) is 5.69 Å². The Balaban J connectivity index is 1.36. The van der Waals surface area contributed by atoms with Gasteiger partial charge in [-0.15, -0.1) is 0 Å². The normalized spacial score (nSPS) is 14.1. The Morgan fingerprint density at radius 3 is 2.27 bits per heavy atom. The lowest BCUT2D eigenvalue weighted by Crippen LogP contribution is -2.36. The van der Waals surface area contributed by atoms with Crippen molar-refractivity contribution in [1.82, 2.24) is 5.32 Å². The minimum Gasteiger partial charge on any atom is -0.449 e. The van der Waals surface area contributed by atoms with Gasteiger partial charge in [-0.2, -0.15) is 0 Å². The first-order chi connectivity index (χ1) is 15.9. The van der Waals surface area contributed by atoms with E-state index in [1.54, 1.807) is 0 Å². The summed E-state index contributed by atoms with van der Waals surface area (Å²) in [6.07, 6.45) is -3.86. The summed E-state index contributed by atoms with van der Waals surface area (Å²) in [4.78, 5) is 22.8. The number of nitro groups is 1. The molecule has 0 radical (unpaired) electrons. The zero-order chi connectivity index (χ0) is 23.5. The second-order valence-corrected chi connectivity index (χ2v) is 7.79. The van der Waals surface area contributed by atoms with Gasteiger partial charge in [0, 0.05) is 24.2 Å². The number of aliphatic hydroxyl groups is 2. The van der Waals surface area contributed by atoms with E-state index >= 15 is 0 Å². The molecule has 0 saturated carbocycles. The number of benzene rings is 3. The van der Waals surface area contributed by atoms with E-state index in [-0.39, 0.29) is 30.3 Å². The molecule has 0 aliphatic heterocycles. The molecule has 2 unspecified atom stereocenters. The van der Waals surface area contributed by atoms with Crippen LogP contribution in [0.25, 0.3) is 11.1 Å². The number of nitrogens with two attached hydrogens (primary N) is 1. The van der Waals surface area contributed by atoms with Crippen LogP contribution in [0.3, 0.4) is 0 Å². The molecule has 0 spiro atoms. The van der Waals surface area contributed by atoms with Crippen LogP contribution in [0.5, 0.6) is 0 Å². The van der Waals surface area contributed by atoms with Gasteiger partial charge in [-0.1, -0.05) is 48.5 Å². The number of fused-ring (bicyclic) bond motifs is 3. The number of nitrogens with one attached hydrogen (secondary N) is 1. The van der Waals surface area contributed by atoms with Crippen LogP contribution >= 0.6 is 0 Å². The molecule has 0 fully saturated rings. The first kappa shape index (κ1) is 22.3. The first-order valence-electron chi connectivity index (χ1n) is 10.4. The number of alkyl carbamates (subject to hydrolysis) is 1. The maximum atomic E-state index is 12.3. The predicted octanol–water partition coefficient (Wildman–Crippen LogP) is 3.11. The van der Waals surface area contributed by atoms with E-state index in [9.17, 15) is 25.1 Å². The molecular weight excluding hydrogens is 426 g/mol. The largest absolute Gasteiger partial charge is 0.449 e. The number of aliphatic hydroxyl groups excluding tert-OH is 2. The quantitative estimate of drug-likeness (QED) is 0.246. The summed E-state index contributed by atoms with van der Waals surface area (Å²) >= 11 is 0. The van der Waals surface area contributed by atoms with Crippen molar-refractivity contribution in [3.63, 3.8) is 0 Å². The summed E-state index contributed by atoms with van der Waals surface area (Å²) in [5.41, 5.74) is 9.54. The number of hydrogen-bond donors (Lipinski definition) is 4. The number of rotatable bonds is 7. The molecule has 0 aromatic heterocycles. The number of amides is 1. The number of hydrogen-bond acceptors (Lipinski definition) is 7. The summed E-state index contributed by atoms with van der Waals surface area (Å²) in [7, 11) is 0. The predicted molar refractivity (Wildman–Crippen MR) is 122 cm³/mol. The van der Waals surface area contributed by atoms with E-state index in [4.69, 9.17) is 10.5 Å². The maximum absolute atomic E-state index is 12.3. The Kier molecular flexibility index (Phi) is 6.25. The smallest absolute Gasteiger partial charge is 0.407 e. The van der Waals surface area contributed by atoms with Crippen molar-refractivity contribution in [2.24, 2.45) is 0 Å². The van der Waals surface area contributed by atoms with Crippen LogP contribution in [0.15, 0.2) is 66.7 Å². The van der Waals surface area contributed by atoms with Gasteiger partial charge < -0.3 is 26.0 Å². The molecule has 170 valence electrons. The number of carbonyl (C=O) groups excluding carboxylic acids is 1. The van der Waals surface area contributed by atoms with Crippen LogP contribution < -0.4 is 11.1 Å². The molecule has 3 aromatic rings. The summed E-state index contributed by atoms with van der Waals surface area (Å²) in [6, 6.07) is 19.6. The summed E-state index contributed by atoms with van der Waals surface area (Å²) in [5, 5.41) is 34.2. The lowest BCUT2D eigenvalue weighted by Gasteiger charge is -2.19. The molecule has 9 heteroatoms. The highest BCUT2D eigenvalue weighted by Crippen LogP contribution is 2.44. The summed E-state index contributed by atoms with van der Waals surface area (Å²) in [6.45, 7) is -0.263. The van der Waals surface area contributed by atoms with E-state index in [2.05, 4.69) is 5.32 Å². The van der Waals surface area contributed by atoms with E-state index in [1.165, 1.54) is 12.1 Å². The van der Waals surface area contributed by atoms with Crippen LogP contribution in [-0.4, -0.2) is 40.5 Å². The Hall–Kier alpha value is -3.95. The van der Waals surface area contributed by atoms with Crippen LogP contribution in [0.2, 0.25) is 0 Å². The summed E-state index contributed by atoms with van der Waals surface area (Å²) < 4.78 is 5.39. The maximum Gasteiger partial charge on any atom is 0.407 e. The Labute approximate surface area is 189 Å². The van der Waals surface area contributed by atoms with Crippen molar-refractivity contribution in [1.29, 1.82) is 0 Å². The SMILES string of the molecule is Nc1ccc(C(O)C(O)CNC(=O)OCC2c3ccccc3-c3ccccc32)c([N+](=O)[O-])c1. The molecule has 0 saturated heterocycles. The number of nitro benzene ring substituents is 1. The Bertz CT molecular complexity index is 1150. The van der Waals surface area contributed by atoms with Gasteiger partial charge in [0.2, 0.25) is 0 Å². The van der Waals surface area contributed by atoms with E-state index in [0.717, 1.165) is 28.3 Å². The molecule has 4 rings (SSSR count). The van der Waals surface area contributed by atoms with Crippen molar-refractivity contribution in [2.75, 3.05) is 18.9 Å². The fourth-order valence-corrected chi connectivity index (χ4v) is 4.13. The second-order valence-electron chi connectivity index (χ2n) is 7.79. The highest BCUT2D eigenvalue weighted by Gasteiger charge is 2.30. The lowest BCUT2D eigenvalue weighted by molar-refractivity contribution is -0.386. The van der Waals surface area contributed by atoms with E-state index in [0.29, 0.717) is 0 Å². The average Bonchev–Trinajstić information content (AvgIpc) is 3.14. The molecule has 0 bridgehead atoms. The minimum absolute atomic E-state index is 0.0991. The fourth-order valence-electron chi connectivity index (χ4n) is 4.13. The summed E-state index contributed by atoms with van der Waals surface area (Å²) in [5.74, 6) is -0.115. The lowest BCUT2D eigenvalue weighted by atomic mass is 9.98. The number of ether oxygens (including phenoxy) is 1. The van der Waals surface area contributed by atoms with Gasteiger partial charge in [-0.3, -0.25) is 10.1 Å². The van der Waals surface area contributed by atoms with E-state index < -0.39 is 28.9 Å². The molecule has 3 aromatic carbocycles. The molecule has 1 aliphatic carbocycles. The third kappa shape index (κ3) is 4.50. The van der Waals surface area contributed by atoms with Crippen molar-refractivity contribution in [2.45, 2.75) is 18.1 Å². The van der Waals surface area contributed by atoms with Crippen molar-refractivity contribution in [3.8, 4) is 11.1 Å². The molecule has 2 atom stereocenters. The van der Waals surface area contributed by atoms with Crippen LogP contribution in [0.4, 0.5) is 16.2 Å². The van der Waals surface area contributed by atoms with E-state index in [1.807, 2.05) is 48.5 Å². The van der Waals surface area contributed by atoms with Crippen molar-refractivity contribution >= 4 is 17.5 Å². The highest BCUT2D eigenvalue weighted by molar-refractivity contribution is 5.79. The second kappa shape index (κ2) is 9.27. The van der Waals surface area contributed by atoms with Gasteiger partial charge in [-0.25, -0.2) is 4.79 Å². The molecule has 33 heavy (non-hydrogen) atoms. The van der Waals surface area contributed by atoms with Gasteiger partial charge in [0.15, 0.2) is 0 Å². The molecule has 5 N–H and O–H groups in total. The Morgan fingerprint density at radius 2 is 1.67 bits per heavy atom. The Morgan fingerprint density at radius 1 is 1.06 bits per heavy atom. The molecule has 0 heterocycles. The molecule has 1 aliphatic rings. The average molecular weight is 449 g/mol. The fraction of sp³-hybridized carbons (Fsp3) is 0.208. The van der Waals surface area contributed by atoms with Crippen LogP contribution in [0, 0.1) is 10.1 Å².